The number of carbonyl (C=O) groups excluding carboxylic acids is 1. The van der Waals surface area contributed by atoms with Crippen molar-refractivity contribution >= 4 is 5.97 Å². The molecular formula is C13H24O3. The molecule has 0 aromatic carbocycles. The highest BCUT2D eigenvalue weighted by Crippen LogP contribution is 2.49. The van der Waals surface area contributed by atoms with Gasteiger partial charge in [0.25, 0.3) is 0 Å². The van der Waals surface area contributed by atoms with Gasteiger partial charge < -0.3 is 9.84 Å². The van der Waals surface area contributed by atoms with Crippen LogP contribution in [-0.2, 0) is 9.53 Å². The molecule has 3 heteroatoms. The number of esters is 1. The van der Waals surface area contributed by atoms with Gasteiger partial charge in [-0.05, 0) is 24.7 Å². The highest BCUT2D eigenvalue weighted by molar-refractivity contribution is 5.74. The van der Waals surface area contributed by atoms with Crippen LogP contribution < -0.4 is 0 Å². The van der Waals surface area contributed by atoms with E-state index < -0.39 is 11.5 Å². The molecule has 0 bridgehead atoms. The summed E-state index contributed by atoms with van der Waals surface area (Å²) >= 11 is 0. The average Bonchev–Trinajstić information content (AvgIpc) is 2.23. The number of aliphatic hydroxyl groups is 1. The molecule has 0 spiro atoms. The first-order valence-electron chi connectivity index (χ1n) is 6.19. The van der Waals surface area contributed by atoms with E-state index in [1.54, 1.807) is 0 Å². The Kier molecular flexibility index (Phi) is 4.00. The molecule has 1 saturated carbocycles. The second-order valence-corrected chi connectivity index (χ2v) is 5.50. The molecule has 2 unspecified atom stereocenters. The summed E-state index contributed by atoms with van der Waals surface area (Å²) in [6.07, 6.45) is 4.43. The summed E-state index contributed by atoms with van der Waals surface area (Å²) in [5, 5.41) is 10.9. The van der Waals surface area contributed by atoms with Crippen molar-refractivity contribution < 1.29 is 14.6 Å². The van der Waals surface area contributed by atoms with Crippen molar-refractivity contribution in [1.82, 2.24) is 0 Å². The van der Waals surface area contributed by atoms with Gasteiger partial charge in [0.1, 0.15) is 0 Å². The van der Waals surface area contributed by atoms with Crippen LogP contribution in [0.1, 0.15) is 52.9 Å². The van der Waals surface area contributed by atoms with Crippen LogP contribution in [-0.4, -0.2) is 23.8 Å². The van der Waals surface area contributed by atoms with E-state index in [1.165, 1.54) is 7.11 Å². The standard InChI is InChI=1S/C13H24O3/c1-5-10(11(14)16-4)13(15)9-7-6-8-12(13,2)3/h10,15H,5-9H2,1-4H3. The van der Waals surface area contributed by atoms with Gasteiger partial charge in [0.05, 0.1) is 18.6 Å². The Bertz CT molecular complexity index is 260. The summed E-state index contributed by atoms with van der Waals surface area (Å²) in [7, 11) is 1.39. The Morgan fingerprint density at radius 3 is 2.38 bits per heavy atom. The SMILES string of the molecule is CCC(C(=O)OC)C1(O)CCCCC1(C)C. The molecule has 1 rings (SSSR count). The van der Waals surface area contributed by atoms with Crippen LogP contribution in [0.3, 0.4) is 0 Å². The van der Waals surface area contributed by atoms with Crippen LogP contribution in [0.15, 0.2) is 0 Å². The molecule has 1 fully saturated rings. The minimum Gasteiger partial charge on any atom is -0.469 e. The largest absolute Gasteiger partial charge is 0.469 e. The van der Waals surface area contributed by atoms with Gasteiger partial charge in [-0.3, -0.25) is 4.79 Å². The number of rotatable bonds is 3. The fourth-order valence-electron chi connectivity index (χ4n) is 3.00. The molecule has 0 heterocycles. The third-order valence-electron chi connectivity index (χ3n) is 4.25. The molecule has 1 aliphatic rings. The molecule has 0 aromatic rings. The third kappa shape index (κ3) is 2.10. The van der Waals surface area contributed by atoms with Gasteiger partial charge >= 0.3 is 5.97 Å². The maximum atomic E-state index is 11.8. The highest BCUT2D eigenvalue weighted by Gasteiger charge is 2.52. The number of methoxy groups -OCH3 is 1. The topological polar surface area (TPSA) is 46.5 Å². The lowest BCUT2D eigenvalue weighted by Gasteiger charge is -2.49. The van der Waals surface area contributed by atoms with Crippen molar-refractivity contribution in [3.8, 4) is 0 Å². The molecule has 2 atom stereocenters. The fraction of sp³-hybridized carbons (Fsp3) is 0.923. The van der Waals surface area contributed by atoms with Crippen LogP contribution >= 0.6 is 0 Å². The first-order valence-corrected chi connectivity index (χ1v) is 6.19. The second-order valence-electron chi connectivity index (χ2n) is 5.50. The lowest BCUT2D eigenvalue weighted by Crippen LogP contribution is -2.55. The molecule has 1 aliphatic carbocycles. The van der Waals surface area contributed by atoms with Gasteiger partial charge in [-0.1, -0.05) is 33.6 Å². The summed E-state index contributed by atoms with van der Waals surface area (Å²) in [4.78, 5) is 11.8. The van der Waals surface area contributed by atoms with Crippen molar-refractivity contribution in [3.63, 3.8) is 0 Å². The summed E-state index contributed by atoms with van der Waals surface area (Å²) < 4.78 is 4.82. The van der Waals surface area contributed by atoms with Gasteiger partial charge in [0, 0.05) is 0 Å². The Labute approximate surface area is 98.2 Å². The summed E-state index contributed by atoms with van der Waals surface area (Å²) in [5.41, 5.74) is -1.12. The normalized spacial score (nSPS) is 30.8. The van der Waals surface area contributed by atoms with Gasteiger partial charge in [-0.2, -0.15) is 0 Å². The number of hydrogen-bond donors (Lipinski definition) is 1. The zero-order valence-corrected chi connectivity index (χ0v) is 10.9. The van der Waals surface area contributed by atoms with E-state index in [2.05, 4.69) is 13.8 Å². The van der Waals surface area contributed by atoms with Crippen molar-refractivity contribution in [1.29, 1.82) is 0 Å². The highest BCUT2D eigenvalue weighted by atomic mass is 16.5. The Morgan fingerprint density at radius 2 is 1.94 bits per heavy atom. The smallest absolute Gasteiger partial charge is 0.311 e. The molecule has 0 aliphatic heterocycles. The van der Waals surface area contributed by atoms with Crippen LogP contribution in [0.5, 0.6) is 0 Å². The van der Waals surface area contributed by atoms with Crippen molar-refractivity contribution in [2.45, 2.75) is 58.5 Å². The number of carbonyl (C=O) groups is 1. The monoisotopic (exact) mass is 228 g/mol. The molecule has 3 nitrogen and oxygen atoms in total. The molecule has 0 saturated heterocycles. The van der Waals surface area contributed by atoms with E-state index in [4.69, 9.17) is 4.74 Å². The second kappa shape index (κ2) is 4.74. The Hall–Kier alpha value is -0.570. The Balaban J connectivity index is 2.99. The van der Waals surface area contributed by atoms with E-state index in [0.717, 1.165) is 19.3 Å². The maximum absolute atomic E-state index is 11.8. The quantitative estimate of drug-likeness (QED) is 0.755. The van der Waals surface area contributed by atoms with Crippen LogP contribution in [0.25, 0.3) is 0 Å². The van der Waals surface area contributed by atoms with Crippen molar-refractivity contribution in [2.75, 3.05) is 7.11 Å². The van der Waals surface area contributed by atoms with Gasteiger partial charge in [-0.15, -0.1) is 0 Å². The van der Waals surface area contributed by atoms with E-state index in [9.17, 15) is 9.90 Å². The van der Waals surface area contributed by atoms with E-state index in [1.807, 2.05) is 6.92 Å². The fourth-order valence-corrected chi connectivity index (χ4v) is 3.00. The Morgan fingerprint density at radius 1 is 1.38 bits per heavy atom. The van der Waals surface area contributed by atoms with Crippen LogP contribution in [0, 0.1) is 11.3 Å². The molecule has 0 amide bonds. The molecular weight excluding hydrogens is 204 g/mol. The van der Waals surface area contributed by atoms with E-state index in [0.29, 0.717) is 12.8 Å². The van der Waals surface area contributed by atoms with Crippen molar-refractivity contribution in [2.24, 2.45) is 11.3 Å². The lowest BCUT2D eigenvalue weighted by molar-refractivity contribution is -0.177. The van der Waals surface area contributed by atoms with Crippen LogP contribution in [0.4, 0.5) is 0 Å². The molecule has 0 radical (unpaired) electrons. The zero-order valence-electron chi connectivity index (χ0n) is 10.9. The number of hydrogen-bond acceptors (Lipinski definition) is 3. The van der Waals surface area contributed by atoms with E-state index in [-0.39, 0.29) is 11.4 Å². The van der Waals surface area contributed by atoms with Gasteiger partial charge in [0.2, 0.25) is 0 Å². The van der Waals surface area contributed by atoms with Gasteiger partial charge in [-0.25, -0.2) is 0 Å². The predicted octanol–water partition coefficient (Wildman–Crippen LogP) is 2.52. The maximum Gasteiger partial charge on any atom is 0.311 e. The summed E-state index contributed by atoms with van der Waals surface area (Å²) in [5.74, 6) is -0.673. The molecule has 1 N–H and O–H groups in total. The van der Waals surface area contributed by atoms with Gasteiger partial charge in [0.15, 0.2) is 0 Å². The minimum absolute atomic E-state index is 0.208. The number of ether oxygens (including phenoxy) is 1. The molecule has 94 valence electrons. The first kappa shape index (κ1) is 13.5. The van der Waals surface area contributed by atoms with Crippen LogP contribution in [0.2, 0.25) is 0 Å². The summed E-state index contributed by atoms with van der Waals surface area (Å²) in [6.45, 7) is 6.04. The lowest BCUT2D eigenvalue weighted by atomic mass is 9.59. The van der Waals surface area contributed by atoms with E-state index >= 15 is 0 Å². The average molecular weight is 228 g/mol. The zero-order chi connectivity index (χ0) is 12.4. The predicted molar refractivity (Wildman–Crippen MR) is 63.0 cm³/mol. The third-order valence-corrected chi connectivity index (χ3v) is 4.25. The summed E-state index contributed by atoms with van der Waals surface area (Å²) in [6, 6.07) is 0. The molecule has 16 heavy (non-hydrogen) atoms. The van der Waals surface area contributed by atoms with Crippen molar-refractivity contribution in [3.05, 3.63) is 0 Å². The minimum atomic E-state index is -0.910. The molecule has 0 aromatic heterocycles. The first-order chi connectivity index (χ1) is 7.39.